The molecule has 6 heteroatoms. The molecule has 0 aromatic heterocycles. The second kappa shape index (κ2) is 52.1. The lowest BCUT2D eigenvalue weighted by atomic mass is 10.0. The predicted molar refractivity (Wildman–Crippen MR) is 278 cm³/mol. The van der Waals surface area contributed by atoms with E-state index in [0.29, 0.717) is 19.3 Å². The van der Waals surface area contributed by atoms with Crippen LogP contribution in [0.5, 0.6) is 0 Å². The number of rotatable bonds is 51. The molecule has 0 aromatic rings. The highest BCUT2D eigenvalue weighted by Crippen LogP contribution is 2.18. The lowest BCUT2D eigenvalue weighted by molar-refractivity contribution is -0.151. The molecule has 0 spiro atoms. The van der Waals surface area contributed by atoms with Crippen molar-refractivity contribution in [2.45, 2.75) is 315 Å². The van der Waals surface area contributed by atoms with Gasteiger partial charge in [-0.05, 0) is 64.2 Å². The standard InChI is InChI=1S/C58H109NO5/c1-4-7-10-13-16-19-22-25-27-28-30-33-36-39-42-45-48-51-58(63)64-54(49-46-43-40-37-34-31-24-21-18-15-12-9-6-3)52-57(62)59-55(53-60)56(61)50-47-44-41-38-35-32-29-26-23-20-17-14-11-8-5-2/h16,19,25,27,30,33,54-56,60-61H,4-15,17-18,20-24,26,28-29,31-32,34-53H2,1-3H3,(H,59,62)/b19-16-,27-25-,33-30-. The molecule has 0 aromatic carbocycles. The summed E-state index contributed by atoms with van der Waals surface area (Å²) in [4.78, 5) is 26.2. The van der Waals surface area contributed by atoms with E-state index in [1.807, 2.05) is 0 Å². The number of hydrogen-bond donors (Lipinski definition) is 3. The Labute approximate surface area is 398 Å². The van der Waals surface area contributed by atoms with Gasteiger partial charge in [0.2, 0.25) is 5.91 Å². The third kappa shape index (κ3) is 46.6. The summed E-state index contributed by atoms with van der Waals surface area (Å²) < 4.78 is 5.95. The second-order valence-corrected chi connectivity index (χ2v) is 19.3. The number of allylic oxidation sites excluding steroid dienone is 6. The minimum Gasteiger partial charge on any atom is -0.462 e. The van der Waals surface area contributed by atoms with Crippen molar-refractivity contribution < 1.29 is 24.5 Å². The molecule has 0 aliphatic heterocycles. The molecular formula is C58H109NO5. The Hall–Kier alpha value is -1.92. The maximum atomic E-state index is 13.2. The van der Waals surface area contributed by atoms with Gasteiger partial charge in [-0.15, -0.1) is 0 Å². The van der Waals surface area contributed by atoms with E-state index < -0.39 is 18.2 Å². The topological polar surface area (TPSA) is 95.9 Å². The van der Waals surface area contributed by atoms with Crippen LogP contribution in [0.3, 0.4) is 0 Å². The van der Waals surface area contributed by atoms with Gasteiger partial charge in [0.05, 0.1) is 25.2 Å². The summed E-state index contributed by atoms with van der Waals surface area (Å²) in [5.41, 5.74) is 0. The normalized spacial score (nSPS) is 13.4. The quantitative estimate of drug-likeness (QED) is 0.0321. The van der Waals surface area contributed by atoms with Crippen molar-refractivity contribution in [1.82, 2.24) is 5.32 Å². The van der Waals surface area contributed by atoms with Crippen molar-refractivity contribution in [1.29, 1.82) is 0 Å². The van der Waals surface area contributed by atoms with Gasteiger partial charge in [-0.1, -0.05) is 256 Å². The molecule has 0 fully saturated rings. The van der Waals surface area contributed by atoms with Crippen LogP contribution < -0.4 is 5.32 Å². The zero-order chi connectivity index (χ0) is 46.7. The molecular weight excluding hydrogens is 791 g/mol. The van der Waals surface area contributed by atoms with E-state index >= 15 is 0 Å². The predicted octanol–water partition coefficient (Wildman–Crippen LogP) is 17.2. The van der Waals surface area contributed by atoms with Crippen LogP contribution in [0.1, 0.15) is 297 Å². The number of aliphatic hydroxyl groups excluding tert-OH is 2. The summed E-state index contributed by atoms with van der Waals surface area (Å²) in [7, 11) is 0. The third-order valence-electron chi connectivity index (χ3n) is 13.0. The largest absolute Gasteiger partial charge is 0.462 e. The Balaban J connectivity index is 4.55. The summed E-state index contributed by atoms with van der Waals surface area (Å²) in [6.45, 7) is 6.48. The molecule has 0 saturated carbocycles. The van der Waals surface area contributed by atoms with Crippen LogP contribution in [0.15, 0.2) is 36.5 Å². The van der Waals surface area contributed by atoms with E-state index in [9.17, 15) is 19.8 Å². The molecule has 3 N–H and O–H groups in total. The molecule has 0 aliphatic rings. The van der Waals surface area contributed by atoms with Crippen molar-refractivity contribution in [2.75, 3.05) is 6.61 Å². The van der Waals surface area contributed by atoms with Crippen LogP contribution in [0.25, 0.3) is 0 Å². The molecule has 3 unspecified atom stereocenters. The van der Waals surface area contributed by atoms with Gasteiger partial charge in [0.25, 0.3) is 0 Å². The Bertz CT molecular complexity index is 1060. The highest BCUT2D eigenvalue weighted by Gasteiger charge is 2.24. The number of carbonyl (C=O) groups excluding carboxylic acids is 2. The average molecular weight is 901 g/mol. The molecule has 64 heavy (non-hydrogen) atoms. The number of amides is 1. The van der Waals surface area contributed by atoms with Crippen LogP contribution in [0.4, 0.5) is 0 Å². The molecule has 0 bridgehead atoms. The zero-order valence-electron chi connectivity index (χ0n) is 42.9. The minimum absolute atomic E-state index is 0.0729. The Morgan fingerprint density at radius 2 is 0.797 bits per heavy atom. The van der Waals surface area contributed by atoms with Crippen LogP contribution in [-0.4, -0.2) is 46.9 Å². The van der Waals surface area contributed by atoms with Gasteiger partial charge >= 0.3 is 5.97 Å². The second-order valence-electron chi connectivity index (χ2n) is 19.3. The minimum atomic E-state index is -0.789. The fraction of sp³-hybridized carbons (Fsp3) is 0.862. The fourth-order valence-electron chi connectivity index (χ4n) is 8.67. The molecule has 0 rings (SSSR count). The van der Waals surface area contributed by atoms with Crippen molar-refractivity contribution >= 4 is 11.9 Å². The Morgan fingerprint density at radius 3 is 1.23 bits per heavy atom. The number of hydrogen-bond acceptors (Lipinski definition) is 5. The molecule has 376 valence electrons. The Morgan fingerprint density at radius 1 is 0.453 bits per heavy atom. The summed E-state index contributed by atoms with van der Waals surface area (Å²) in [5.74, 6) is -0.484. The molecule has 1 amide bonds. The van der Waals surface area contributed by atoms with Gasteiger partial charge in [-0.2, -0.15) is 0 Å². The van der Waals surface area contributed by atoms with Crippen molar-refractivity contribution in [3.05, 3.63) is 36.5 Å². The van der Waals surface area contributed by atoms with Crippen molar-refractivity contribution in [3.63, 3.8) is 0 Å². The fourth-order valence-corrected chi connectivity index (χ4v) is 8.67. The van der Waals surface area contributed by atoms with Gasteiger partial charge in [-0.3, -0.25) is 9.59 Å². The van der Waals surface area contributed by atoms with Gasteiger partial charge in [-0.25, -0.2) is 0 Å². The maximum absolute atomic E-state index is 13.2. The van der Waals surface area contributed by atoms with Crippen LogP contribution in [0.2, 0.25) is 0 Å². The maximum Gasteiger partial charge on any atom is 0.306 e. The molecule has 0 radical (unpaired) electrons. The number of nitrogens with one attached hydrogen (secondary N) is 1. The smallest absolute Gasteiger partial charge is 0.306 e. The first kappa shape index (κ1) is 62.1. The molecule has 6 nitrogen and oxygen atoms in total. The summed E-state index contributed by atoms with van der Waals surface area (Å²) >= 11 is 0. The summed E-state index contributed by atoms with van der Waals surface area (Å²) in [6.07, 6.45) is 62.0. The lowest BCUT2D eigenvalue weighted by Gasteiger charge is -2.24. The lowest BCUT2D eigenvalue weighted by Crippen LogP contribution is -2.46. The zero-order valence-corrected chi connectivity index (χ0v) is 42.9. The molecule has 0 aliphatic carbocycles. The monoisotopic (exact) mass is 900 g/mol. The first-order chi connectivity index (χ1) is 31.5. The SMILES string of the molecule is CCCCC/C=C\C/C=C\C/C=C\CCCCCCC(=O)OC(CCCCCCCCCCCCCCC)CC(=O)NC(CO)C(O)CCCCCCCCCCCCCCCCC. The Kier molecular flexibility index (Phi) is 50.5. The highest BCUT2D eigenvalue weighted by atomic mass is 16.5. The highest BCUT2D eigenvalue weighted by molar-refractivity contribution is 5.77. The van der Waals surface area contributed by atoms with Gasteiger partial charge < -0.3 is 20.3 Å². The van der Waals surface area contributed by atoms with Crippen molar-refractivity contribution in [3.8, 4) is 0 Å². The number of unbranched alkanes of at least 4 members (excludes halogenated alkanes) is 33. The number of aliphatic hydroxyl groups is 2. The van der Waals surface area contributed by atoms with E-state index in [-0.39, 0.29) is 24.9 Å². The number of ether oxygens (including phenoxy) is 1. The number of esters is 1. The van der Waals surface area contributed by atoms with E-state index in [0.717, 1.165) is 70.6 Å². The molecule has 0 saturated heterocycles. The number of carbonyl (C=O) groups is 2. The van der Waals surface area contributed by atoms with E-state index in [2.05, 4.69) is 62.5 Å². The molecule has 3 atom stereocenters. The van der Waals surface area contributed by atoms with Crippen LogP contribution in [-0.2, 0) is 14.3 Å². The van der Waals surface area contributed by atoms with Crippen LogP contribution in [0, 0.1) is 0 Å². The summed E-state index contributed by atoms with van der Waals surface area (Å²) in [6, 6.07) is -0.703. The van der Waals surface area contributed by atoms with Gasteiger partial charge in [0.15, 0.2) is 0 Å². The average Bonchev–Trinajstić information content (AvgIpc) is 3.29. The van der Waals surface area contributed by atoms with E-state index in [1.54, 1.807) is 0 Å². The van der Waals surface area contributed by atoms with Crippen LogP contribution >= 0.6 is 0 Å². The molecule has 0 heterocycles. The first-order valence-corrected chi connectivity index (χ1v) is 28.2. The van der Waals surface area contributed by atoms with Gasteiger partial charge in [0, 0.05) is 6.42 Å². The van der Waals surface area contributed by atoms with E-state index in [4.69, 9.17) is 4.74 Å². The summed E-state index contributed by atoms with van der Waals surface area (Å²) in [5, 5.41) is 23.9. The van der Waals surface area contributed by atoms with Crippen molar-refractivity contribution in [2.24, 2.45) is 0 Å². The van der Waals surface area contributed by atoms with E-state index in [1.165, 1.54) is 180 Å². The van der Waals surface area contributed by atoms with Gasteiger partial charge in [0.1, 0.15) is 6.10 Å². The third-order valence-corrected chi connectivity index (χ3v) is 13.0. The first-order valence-electron chi connectivity index (χ1n) is 28.2.